The Morgan fingerprint density at radius 3 is 2.59 bits per heavy atom. The summed E-state index contributed by atoms with van der Waals surface area (Å²) in [6, 6.07) is 20.9. The first-order valence-corrected chi connectivity index (χ1v) is 9.45. The summed E-state index contributed by atoms with van der Waals surface area (Å²) in [5, 5.41) is 6.05. The molecule has 1 atom stereocenters. The van der Waals surface area contributed by atoms with Crippen molar-refractivity contribution in [1.29, 1.82) is 0 Å². The minimum absolute atomic E-state index is 0.0282. The molecular weight excluding hydrogens is 334 g/mol. The fraction of sp³-hybridized carbons (Fsp3) is 0.208. The van der Waals surface area contributed by atoms with Gasteiger partial charge in [-0.1, -0.05) is 48.5 Å². The number of hydrogen-bond donors (Lipinski definition) is 1. The summed E-state index contributed by atoms with van der Waals surface area (Å²) in [7, 11) is 1.67. The Labute approximate surface area is 158 Å². The van der Waals surface area contributed by atoms with Crippen molar-refractivity contribution in [1.82, 2.24) is 0 Å². The molecule has 3 aromatic rings. The van der Waals surface area contributed by atoms with Gasteiger partial charge in [0, 0.05) is 29.0 Å². The van der Waals surface area contributed by atoms with Crippen LogP contribution in [0.3, 0.4) is 0 Å². The summed E-state index contributed by atoms with van der Waals surface area (Å²) in [4.78, 5) is 12.9. The van der Waals surface area contributed by atoms with Gasteiger partial charge >= 0.3 is 0 Å². The zero-order chi connectivity index (χ0) is 18.4. The van der Waals surface area contributed by atoms with Crippen molar-refractivity contribution < 1.29 is 9.53 Å². The lowest BCUT2D eigenvalue weighted by atomic mass is 9.75. The van der Waals surface area contributed by atoms with Crippen molar-refractivity contribution in [3.05, 3.63) is 83.1 Å². The third-order valence-electron chi connectivity index (χ3n) is 5.74. The Kier molecular flexibility index (Phi) is 3.75. The number of ether oxygens (including phenoxy) is 1. The standard InChI is InChI=1S/C24H21NO2/c1-27-17-12-9-16(10-13-17)22-19-14-11-15-5-2-3-6-18(15)24(19)25-20-7-4-8-21(26)23(20)22/h2-3,5-6,9-14,22,25H,4,7-8H2,1H3/t22-/m0/s1. The molecule has 1 heterocycles. The molecule has 0 radical (unpaired) electrons. The molecule has 0 amide bonds. The summed E-state index contributed by atoms with van der Waals surface area (Å²) in [6.45, 7) is 0. The van der Waals surface area contributed by atoms with E-state index < -0.39 is 0 Å². The third kappa shape index (κ3) is 2.54. The van der Waals surface area contributed by atoms with Crippen LogP contribution < -0.4 is 10.1 Å². The van der Waals surface area contributed by atoms with E-state index >= 15 is 0 Å². The molecule has 0 fully saturated rings. The maximum Gasteiger partial charge on any atom is 0.161 e. The van der Waals surface area contributed by atoms with Crippen molar-refractivity contribution in [2.45, 2.75) is 25.2 Å². The van der Waals surface area contributed by atoms with Crippen LogP contribution in [-0.4, -0.2) is 12.9 Å². The third-order valence-corrected chi connectivity index (χ3v) is 5.74. The van der Waals surface area contributed by atoms with Gasteiger partial charge in [-0.25, -0.2) is 0 Å². The minimum Gasteiger partial charge on any atom is -0.497 e. The molecule has 0 saturated heterocycles. The number of rotatable bonds is 2. The Balaban J connectivity index is 1.76. The highest BCUT2D eigenvalue weighted by Gasteiger charge is 2.35. The zero-order valence-corrected chi connectivity index (χ0v) is 15.3. The number of carbonyl (C=O) groups is 1. The average Bonchev–Trinajstić information content (AvgIpc) is 2.72. The minimum atomic E-state index is -0.0282. The highest BCUT2D eigenvalue weighted by atomic mass is 16.5. The maximum atomic E-state index is 12.9. The lowest BCUT2D eigenvalue weighted by Gasteiger charge is -2.34. The van der Waals surface area contributed by atoms with Crippen LogP contribution in [0.1, 0.15) is 36.3 Å². The van der Waals surface area contributed by atoms with Crippen LogP contribution in [0.5, 0.6) is 5.75 Å². The lowest BCUT2D eigenvalue weighted by molar-refractivity contribution is -0.116. The molecule has 5 rings (SSSR count). The number of carbonyl (C=O) groups excluding carboxylic acids is 1. The number of fused-ring (bicyclic) bond motifs is 3. The molecule has 0 saturated carbocycles. The smallest absolute Gasteiger partial charge is 0.161 e. The number of anilines is 1. The largest absolute Gasteiger partial charge is 0.497 e. The number of allylic oxidation sites excluding steroid dienone is 2. The van der Waals surface area contributed by atoms with E-state index in [0.29, 0.717) is 6.42 Å². The highest BCUT2D eigenvalue weighted by Crippen LogP contribution is 2.47. The predicted molar refractivity (Wildman–Crippen MR) is 108 cm³/mol. The Bertz CT molecular complexity index is 1080. The van der Waals surface area contributed by atoms with E-state index in [2.05, 4.69) is 53.8 Å². The van der Waals surface area contributed by atoms with Crippen LogP contribution in [0.15, 0.2) is 71.9 Å². The van der Waals surface area contributed by atoms with Crippen LogP contribution >= 0.6 is 0 Å². The monoisotopic (exact) mass is 355 g/mol. The molecule has 2 aliphatic rings. The molecule has 0 unspecified atom stereocenters. The number of hydrogen-bond acceptors (Lipinski definition) is 3. The molecule has 0 aromatic heterocycles. The van der Waals surface area contributed by atoms with Gasteiger partial charge in [-0.3, -0.25) is 4.79 Å². The maximum absolute atomic E-state index is 12.9. The number of methoxy groups -OCH3 is 1. The van der Waals surface area contributed by atoms with E-state index in [0.717, 1.165) is 41.1 Å². The second-order valence-corrected chi connectivity index (χ2v) is 7.25. The van der Waals surface area contributed by atoms with Gasteiger partial charge in [-0.15, -0.1) is 0 Å². The van der Waals surface area contributed by atoms with Crippen LogP contribution in [0, 0.1) is 0 Å². The molecule has 3 heteroatoms. The van der Waals surface area contributed by atoms with E-state index in [4.69, 9.17) is 4.74 Å². The van der Waals surface area contributed by atoms with E-state index in [9.17, 15) is 4.79 Å². The van der Waals surface area contributed by atoms with Gasteiger partial charge in [0.2, 0.25) is 0 Å². The first-order chi connectivity index (χ1) is 13.3. The Morgan fingerprint density at radius 2 is 1.78 bits per heavy atom. The van der Waals surface area contributed by atoms with Gasteiger partial charge < -0.3 is 10.1 Å². The van der Waals surface area contributed by atoms with Gasteiger partial charge in [-0.2, -0.15) is 0 Å². The summed E-state index contributed by atoms with van der Waals surface area (Å²) in [5.74, 6) is 1.07. The van der Waals surface area contributed by atoms with E-state index in [1.165, 1.54) is 16.3 Å². The fourth-order valence-corrected chi connectivity index (χ4v) is 4.45. The number of Topliss-reactive ketones (excluding diaryl/α,β-unsaturated/α-hetero) is 1. The van der Waals surface area contributed by atoms with Crippen LogP contribution in [0.4, 0.5) is 5.69 Å². The molecular formula is C24H21NO2. The summed E-state index contributed by atoms with van der Waals surface area (Å²) >= 11 is 0. The molecule has 0 bridgehead atoms. The van der Waals surface area contributed by atoms with Crippen molar-refractivity contribution in [3.8, 4) is 5.75 Å². The molecule has 1 aliphatic carbocycles. The first kappa shape index (κ1) is 16.1. The summed E-state index contributed by atoms with van der Waals surface area (Å²) < 4.78 is 5.32. The van der Waals surface area contributed by atoms with Crippen molar-refractivity contribution in [2.75, 3.05) is 12.4 Å². The van der Waals surface area contributed by atoms with E-state index in [1.807, 2.05) is 12.1 Å². The van der Waals surface area contributed by atoms with E-state index in [-0.39, 0.29) is 11.7 Å². The Morgan fingerprint density at radius 1 is 0.963 bits per heavy atom. The second kappa shape index (κ2) is 6.27. The lowest BCUT2D eigenvalue weighted by Crippen LogP contribution is -2.27. The van der Waals surface area contributed by atoms with E-state index in [1.54, 1.807) is 7.11 Å². The van der Waals surface area contributed by atoms with Gasteiger partial charge in [0.15, 0.2) is 5.78 Å². The summed E-state index contributed by atoms with van der Waals surface area (Å²) in [5.41, 5.74) is 5.48. The van der Waals surface area contributed by atoms with Crippen molar-refractivity contribution >= 4 is 22.2 Å². The molecule has 27 heavy (non-hydrogen) atoms. The molecule has 1 N–H and O–H groups in total. The first-order valence-electron chi connectivity index (χ1n) is 9.45. The Hall–Kier alpha value is -3.07. The molecule has 0 spiro atoms. The number of ketones is 1. The number of nitrogens with one attached hydrogen (secondary N) is 1. The summed E-state index contributed by atoms with van der Waals surface area (Å²) in [6.07, 6.45) is 2.48. The van der Waals surface area contributed by atoms with Crippen LogP contribution in [-0.2, 0) is 4.79 Å². The second-order valence-electron chi connectivity index (χ2n) is 7.25. The molecule has 3 nitrogen and oxygen atoms in total. The number of benzene rings is 3. The fourth-order valence-electron chi connectivity index (χ4n) is 4.45. The van der Waals surface area contributed by atoms with Crippen molar-refractivity contribution in [3.63, 3.8) is 0 Å². The van der Waals surface area contributed by atoms with Crippen LogP contribution in [0.2, 0.25) is 0 Å². The zero-order valence-electron chi connectivity index (χ0n) is 15.3. The molecule has 3 aromatic carbocycles. The topological polar surface area (TPSA) is 38.3 Å². The predicted octanol–water partition coefficient (Wildman–Crippen LogP) is 5.41. The normalized spacial score (nSPS) is 18.7. The quantitative estimate of drug-likeness (QED) is 0.668. The molecule has 1 aliphatic heterocycles. The SMILES string of the molecule is COc1ccc([C@@H]2C3=C(CCCC3=O)Nc3c2ccc2ccccc32)cc1. The van der Waals surface area contributed by atoms with Crippen LogP contribution in [0.25, 0.3) is 10.8 Å². The van der Waals surface area contributed by atoms with Crippen molar-refractivity contribution in [2.24, 2.45) is 0 Å². The average molecular weight is 355 g/mol. The van der Waals surface area contributed by atoms with Gasteiger partial charge in [0.25, 0.3) is 0 Å². The van der Waals surface area contributed by atoms with Gasteiger partial charge in [0.05, 0.1) is 12.8 Å². The van der Waals surface area contributed by atoms with Gasteiger partial charge in [-0.05, 0) is 41.5 Å². The molecule has 134 valence electrons. The van der Waals surface area contributed by atoms with Gasteiger partial charge in [0.1, 0.15) is 5.75 Å². The highest BCUT2D eigenvalue weighted by molar-refractivity contribution is 6.04.